The Labute approximate surface area is 122 Å². The van der Waals surface area contributed by atoms with Crippen LogP contribution in [0.5, 0.6) is 0 Å². The minimum atomic E-state index is -0.0580. The molecule has 0 spiro atoms. The van der Waals surface area contributed by atoms with Gasteiger partial charge in [0.25, 0.3) is 5.91 Å². The second kappa shape index (κ2) is 4.87. The van der Waals surface area contributed by atoms with Crippen molar-refractivity contribution in [2.75, 3.05) is 24.5 Å². The van der Waals surface area contributed by atoms with Crippen LogP contribution < -0.4 is 10.2 Å². The van der Waals surface area contributed by atoms with Crippen LogP contribution >= 0.6 is 0 Å². The Kier molecular flexibility index (Phi) is 2.87. The van der Waals surface area contributed by atoms with Crippen molar-refractivity contribution in [3.8, 4) is 11.1 Å². The number of rotatable bonds is 2. The number of carbonyl (C=O) groups excluding carboxylic acids is 1. The Morgan fingerprint density at radius 2 is 1.95 bits per heavy atom. The van der Waals surface area contributed by atoms with Gasteiger partial charge in [-0.05, 0) is 25.0 Å². The largest absolute Gasteiger partial charge is 0.357 e. The van der Waals surface area contributed by atoms with E-state index in [-0.39, 0.29) is 5.91 Å². The van der Waals surface area contributed by atoms with E-state index in [2.05, 4.69) is 20.3 Å². The molecule has 1 N–H and O–H groups in total. The highest BCUT2D eigenvalue weighted by Gasteiger charge is 2.23. The Bertz CT molecular complexity index is 670. The second-order valence-electron chi connectivity index (χ2n) is 5.49. The molecule has 2 aromatic rings. The molecule has 2 aliphatic heterocycles. The molecule has 6 heteroatoms. The summed E-state index contributed by atoms with van der Waals surface area (Å²) >= 11 is 0. The van der Waals surface area contributed by atoms with E-state index in [0.29, 0.717) is 12.2 Å². The number of nitrogens with zero attached hydrogens (tertiary/aromatic N) is 4. The van der Waals surface area contributed by atoms with Gasteiger partial charge >= 0.3 is 0 Å². The smallest absolute Gasteiger partial charge is 0.270 e. The Balaban J connectivity index is 1.68. The Morgan fingerprint density at radius 1 is 1.10 bits per heavy atom. The molecule has 0 bridgehead atoms. The van der Waals surface area contributed by atoms with Crippen molar-refractivity contribution in [1.82, 2.24) is 20.1 Å². The van der Waals surface area contributed by atoms with E-state index in [1.54, 1.807) is 10.9 Å². The lowest BCUT2D eigenvalue weighted by Crippen LogP contribution is -2.35. The molecule has 0 unspecified atom stereocenters. The second-order valence-corrected chi connectivity index (χ2v) is 5.49. The van der Waals surface area contributed by atoms with Crippen LogP contribution in [0.2, 0.25) is 0 Å². The number of pyridine rings is 1. The molecule has 6 nitrogen and oxygen atoms in total. The molecular weight excluding hydrogens is 266 g/mol. The minimum absolute atomic E-state index is 0.0580. The van der Waals surface area contributed by atoms with Gasteiger partial charge in [-0.2, -0.15) is 5.10 Å². The average Bonchev–Trinajstić information content (AvgIpc) is 3.18. The molecule has 0 atom stereocenters. The molecule has 4 heterocycles. The third-order valence-corrected chi connectivity index (χ3v) is 4.15. The number of hydrogen-bond acceptors (Lipinski definition) is 4. The van der Waals surface area contributed by atoms with Crippen molar-refractivity contribution in [1.29, 1.82) is 0 Å². The molecule has 108 valence electrons. The summed E-state index contributed by atoms with van der Waals surface area (Å²) < 4.78 is 1.77. The van der Waals surface area contributed by atoms with Gasteiger partial charge in [-0.25, -0.2) is 4.98 Å². The highest BCUT2D eigenvalue weighted by molar-refractivity contribution is 5.99. The lowest BCUT2D eigenvalue weighted by Gasteiger charge is -2.17. The van der Waals surface area contributed by atoms with Gasteiger partial charge in [0.1, 0.15) is 11.5 Å². The van der Waals surface area contributed by atoms with Crippen molar-refractivity contribution in [2.45, 2.75) is 19.4 Å². The maximum Gasteiger partial charge on any atom is 0.270 e. The lowest BCUT2D eigenvalue weighted by atomic mass is 10.1. The maximum absolute atomic E-state index is 12.0. The molecule has 0 aliphatic carbocycles. The standard InChI is InChI=1S/C15H17N5O/c21-15-14-12(10-18-20(14)8-5-16-15)11-3-4-13(17-9-11)19-6-1-2-7-19/h3-4,9-10H,1-2,5-8H2,(H,16,21). The first kappa shape index (κ1) is 12.4. The third kappa shape index (κ3) is 2.07. The Hall–Kier alpha value is -2.37. The topological polar surface area (TPSA) is 63.1 Å². The lowest BCUT2D eigenvalue weighted by molar-refractivity contribution is 0.0925. The maximum atomic E-state index is 12.0. The van der Waals surface area contributed by atoms with Crippen LogP contribution in [0.25, 0.3) is 11.1 Å². The SMILES string of the molecule is O=C1NCCn2ncc(-c3ccc(N4CCCC4)nc3)c21. The molecule has 1 fully saturated rings. The summed E-state index contributed by atoms with van der Waals surface area (Å²) in [6, 6.07) is 4.06. The van der Waals surface area contributed by atoms with Gasteiger partial charge in [-0.1, -0.05) is 0 Å². The van der Waals surface area contributed by atoms with Crippen LogP contribution in [-0.2, 0) is 6.54 Å². The van der Waals surface area contributed by atoms with Gasteiger partial charge in [0.05, 0.1) is 12.7 Å². The monoisotopic (exact) mass is 283 g/mol. The van der Waals surface area contributed by atoms with Gasteiger partial charge in [0, 0.05) is 37.0 Å². The molecule has 21 heavy (non-hydrogen) atoms. The van der Waals surface area contributed by atoms with E-state index in [1.165, 1.54) is 12.8 Å². The zero-order valence-electron chi connectivity index (χ0n) is 11.7. The first-order valence-corrected chi connectivity index (χ1v) is 7.38. The van der Waals surface area contributed by atoms with Gasteiger partial charge < -0.3 is 10.2 Å². The van der Waals surface area contributed by atoms with Gasteiger partial charge in [-0.3, -0.25) is 9.48 Å². The van der Waals surface area contributed by atoms with Crippen LogP contribution in [0.3, 0.4) is 0 Å². The summed E-state index contributed by atoms with van der Waals surface area (Å²) in [5, 5.41) is 7.16. The van der Waals surface area contributed by atoms with Crippen molar-refractivity contribution < 1.29 is 4.79 Å². The molecule has 1 amide bonds. The van der Waals surface area contributed by atoms with E-state index in [1.807, 2.05) is 18.3 Å². The van der Waals surface area contributed by atoms with Crippen molar-refractivity contribution in [3.63, 3.8) is 0 Å². The highest BCUT2D eigenvalue weighted by atomic mass is 16.2. The fraction of sp³-hybridized carbons (Fsp3) is 0.400. The first-order valence-electron chi connectivity index (χ1n) is 7.38. The van der Waals surface area contributed by atoms with Crippen LogP contribution in [0.15, 0.2) is 24.5 Å². The summed E-state index contributed by atoms with van der Waals surface area (Å²) in [7, 11) is 0. The Morgan fingerprint density at radius 3 is 2.71 bits per heavy atom. The quantitative estimate of drug-likeness (QED) is 0.902. The predicted molar refractivity (Wildman–Crippen MR) is 79.2 cm³/mol. The van der Waals surface area contributed by atoms with E-state index in [0.717, 1.165) is 36.6 Å². The predicted octanol–water partition coefficient (Wildman–Crippen LogP) is 1.29. The fourth-order valence-electron chi connectivity index (χ4n) is 3.04. The molecule has 4 rings (SSSR count). The van der Waals surface area contributed by atoms with E-state index in [4.69, 9.17) is 0 Å². The molecule has 2 aliphatic rings. The number of aromatic nitrogens is 3. The summed E-state index contributed by atoms with van der Waals surface area (Å²) in [4.78, 5) is 18.9. The number of amides is 1. The van der Waals surface area contributed by atoms with Crippen molar-refractivity contribution >= 4 is 11.7 Å². The molecule has 1 saturated heterocycles. The van der Waals surface area contributed by atoms with Crippen LogP contribution in [0.4, 0.5) is 5.82 Å². The van der Waals surface area contributed by atoms with E-state index in [9.17, 15) is 4.79 Å². The highest BCUT2D eigenvalue weighted by Crippen LogP contribution is 2.26. The van der Waals surface area contributed by atoms with Crippen LogP contribution in [0.1, 0.15) is 23.3 Å². The summed E-state index contributed by atoms with van der Waals surface area (Å²) in [5.41, 5.74) is 2.43. The van der Waals surface area contributed by atoms with E-state index < -0.39 is 0 Å². The van der Waals surface area contributed by atoms with Crippen molar-refractivity contribution in [3.05, 3.63) is 30.2 Å². The van der Waals surface area contributed by atoms with Gasteiger partial charge in [0.15, 0.2) is 0 Å². The minimum Gasteiger partial charge on any atom is -0.357 e. The van der Waals surface area contributed by atoms with Gasteiger partial charge in [-0.15, -0.1) is 0 Å². The zero-order chi connectivity index (χ0) is 14.2. The summed E-state index contributed by atoms with van der Waals surface area (Å²) in [6.45, 7) is 3.52. The first-order chi connectivity index (χ1) is 10.3. The fourth-order valence-corrected chi connectivity index (χ4v) is 3.04. The molecule has 0 saturated carbocycles. The van der Waals surface area contributed by atoms with Gasteiger partial charge in [0.2, 0.25) is 0 Å². The number of fused-ring (bicyclic) bond motifs is 1. The average molecular weight is 283 g/mol. The molecule has 0 aromatic carbocycles. The molecule has 2 aromatic heterocycles. The summed E-state index contributed by atoms with van der Waals surface area (Å²) in [5.74, 6) is 0.958. The van der Waals surface area contributed by atoms with E-state index >= 15 is 0 Å². The molecular formula is C15H17N5O. The zero-order valence-corrected chi connectivity index (χ0v) is 11.7. The van der Waals surface area contributed by atoms with Crippen molar-refractivity contribution in [2.24, 2.45) is 0 Å². The van der Waals surface area contributed by atoms with Crippen LogP contribution in [-0.4, -0.2) is 40.3 Å². The summed E-state index contributed by atoms with van der Waals surface area (Å²) in [6.07, 6.45) is 6.07. The number of nitrogens with one attached hydrogen (secondary N) is 1. The number of hydrogen-bond donors (Lipinski definition) is 1. The number of anilines is 1. The normalized spacial score (nSPS) is 17.7. The van der Waals surface area contributed by atoms with Crippen LogP contribution in [0, 0.1) is 0 Å². The number of carbonyl (C=O) groups is 1. The third-order valence-electron chi connectivity index (χ3n) is 4.15. The molecule has 0 radical (unpaired) electrons.